The maximum absolute atomic E-state index is 13.0. The van der Waals surface area contributed by atoms with Crippen molar-refractivity contribution >= 4 is 19.9 Å². The second-order valence-corrected chi connectivity index (χ2v) is 10.4. The highest BCUT2D eigenvalue weighted by Crippen LogP contribution is 2.26. The molecule has 8 heteroatoms. The molecule has 1 unspecified atom stereocenters. The Morgan fingerprint density at radius 1 is 0.920 bits per heavy atom. The van der Waals surface area contributed by atoms with E-state index in [0.717, 1.165) is 17.4 Å². The highest BCUT2D eigenvalue weighted by Gasteiger charge is 2.36. The first-order chi connectivity index (χ1) is 11.7. The zero-order valence-electron chi connectivity index (χ0n) is 13.6. The van der Waals surface area contributed by atoms with Crippen LogP contribution in [0.3, 0.4) is 0 Å². The number of nitrogens with zero attached hydrogens (tertiary/aromatic N) is 1. The molecule has 1 heterocycles. The van der Waals surface area contributed by atoms with Gasteiger partial charge < -0.3 is 0 Å². The third kappa shape index (κ3) is 3.75. The van der Waals surface area contributed by atoms with E-state index in [4.69, 9.17) is 0 Å². The molecule has 2 aromatic rings. The summed E-state index contributed by atoms with van der Waals surface area (Å²) in [4.78, 5) is 0.118. The second-order valence-electron chi connectivity index (χ2n) is 6.13. The molecule has 5 nitrogen and oxygen atoms in total. The Bertz CT molecular complexity index is 968. The Morgan fingerprint density at radius 3 is 1.92 bits per heavy atom. The molecule has 1 aliphatic heterocycles. The summed E-state index contributed by atoms with van der Waals surface area (Å²) < 4.78 is 62.8. The largest absolute Gasteiger partial charge is 0.243 e. The molecular weight excluding hydrogens is 365 g/mol. The number of sulfonamides is 1. The molecular formula is C17H18FNO4S2. The standard InChI is InChI=1S/C17H18FNO4S2/c1-24(20,21)17-10-11-19(12-17)25(22,23)16-8-4-14(5-9-16)13-2-6-15(18)7-3-13/h2-9,17H,10-12H2,1H3. The average Bonchev–Trinajstić information content (AvgIpc) is 3.07. The molecule has 0 aliphatic carbocycles. The number of benzene rings is 2. The molecule has 0 N–H and O–H groups in total. The van der Waals surface area contributed by atoms with E-state index >= 15 is 0 Å². The van der Waals surface area contributed by atoms with Gasteiger partial charge in [0.15, 0.2) is 9.84 Å². The lowest BCUT2D eigenvalue weighted by Gasteiger charge is -2.16. The minimum Gasteiger partial charge on any atom is -0.229 e. The van der Waals surface area contributed by atoms with Gasteiger partial charge in [-0.3, -0.25) is 0 Å². The molecule has 1 saturated heterocycles. The van der Waals surface area contributed by atoms with Gasteiger partial charge in [0, 0.05) is 19.3 Å². The van der Waals surface area contributed by atoms with Crippen LogP contribution in [0.4, 0.5) is 4.39 Å². The van der Waals surface area contributed by atoms with E-state index < -0.39 is 25.1 Å². The first-order valence-electron chi connectivity index (χ1n) is 7.73. The molecule has 0 bridgehead atoms. The molecule has 1 fully saturated rings. The lowest BCUT2D eigenvalue weighted by atomic mass is 10.1. The topological polar surface area (TPSA) is 71.5 Å². The van der Waals surface area contributed by atoms with Gasteiger partial charge in [-0.2, -0.15) is 4.31 Å². The fourth-order valence-electron chi connectivity index (χ4n) is 2.88. The summed E-state index contributed by atoms with van der Waals surface area (Å²) in [5.74, 6) is -0.336. The van der Waals surface area contributed by atoms with Crippen LogP contribution < -0.4 is 0 Å². The van der Waals surface area contributed by atoms with E-state index in [1.165, 1.54) is 28.6 Å². The SMILES string of the molecule is CS(=O)(=O)C1CCN(S(=O)(=O)c2ccc(-c3ccc(F)cc3)cc2)C1. The highest BCUT2D eigenvalue weighted by atomic mass is 32.2. The normalized spacial score (nSPS) is 19.2. The molecule has 0 radical (unpaired) electrons. The molecule has 3 rings (SSSR count). The zero-order chi connectivity index (χ0) is 18.2. The van der Waals surface area contributed by atoms with Crippen molar-refractivity contribution in [2.45, 2.75) is 16.6 Å². The predicted molar refractivity (Wildman–Crippen MR) is 93.8 cm³/mol. The van der Waals surface area contributed by atoms with E-state index in [9.17, 15) is 21.2 Å². The Kier molecular flexibility index (Phi) is 4.70. The van der Waals surface area contributed by atoms with E-state index in [1.807, 2.05) is 0 Å². The minimum absolute atomic E-state index is 0.0130. The predicted octanol–water partition coefficient (Wildman–Crippen LogP) is 2.30. The van der Waals surface area contributed by atoms with Gasteiger partial charge in [-0.1, -0.05) is 24.3 Å². The summed E-state index contributed by atoms with van der Waals surface area (Å²) in [6.45, 7) is 0.181. The fraction of sp³-hybridized carbons (Fsp3) is 0.294. The van der Waals surface area contributed by atoms with Gasteiger partial charge in [0.1, 0.15) is 5.82 Å². The second kappa shape index (κ2) is 6.51. The molecule has 0 spiro atoms. The van der Waals surface area contributed by atoms with E-state index in [-0.39, 0.29) is 23.8 Å². The van der Waals surface area contributed by atoms with Gasteiger partial charge in [-0.05, 0) is 41.8 Å². The Balaban J connectivity index is 1.83. The van der Waals surface area contributed by atoms with Crippen molar-refractivity contribution in [1.29, 1.82) is 0 Å². The van der Waals surface area contributed by atoms with Gasteiger partial charge in [0.25, 0.3) is 0 Å². The zero-order valence-corrected chi connectivity index (χ0v) is 15.2. The highest BCUT2D eigenvalue weighted by molar-refractivity contribution is 7.91. The Labute approximate surface area is 147 Å². The Morgan fingerprint density at radius 2 is 1.44 bits per heavy atom. The van der Waals surface area contributed by atoms with Crippen LogP contribution in [-0.4, -0.2) is 45.7 Å². The monoisotopic (exact) mass is 383 g/mol. The summed E-state index contributed by atoms with van der Waals surface area (Å²) in [5, 5.41) is -0.652. The molecule has 0 aromatic heterocycles. The van der Waals surface area contributed by atoms with Crippen molar-refractivity contribution in [1.82, 2.24) is 4.31 Å². The molecule has 1 atom stereocenters. The summed E-state index contributed by atoms with van der Waals surface area (Å²) in [6, 6.07) is 12.2. The van der Waals surface area contributed by atoms with E-state index in [0.29, 0.717) is 6.42 Å². The Hall–Kier alpha value is -1.77. The first-order valence-corrected chi connectivity index (χ1v) is 11.1. The summed E-state index contributed by atoms with van der Waals surface area (Å²) in [6.07, 6.45) is 1.44. The third-order valence-corrected chi connectivity index (χ3v) is 7.86. The van der Waals surface area contributed by atoms with Crippen molar-refractivity contribution in [3.05, 3.63) is 54.3 Å². The van der Waals surface area contributed by atoms with Crippen LogP contribution in [0, 0.1) is 5.82 Å². The quantitative estimate of drug-likeness (QED) is 0.812. The van der Waals surface area contributed by atoms with Gasteiger partial charge in [-0.25, -0.2) is 21.2 Å². The minimum atomic E-state index is -3.73. The van der Waals surface area contributed by atoms with Crippen LogP contribution in [0.5, 0.6) is 0 Å². The number of sulfone groups is 1. The molecule has 2 aromatic carbocycles. The molecule has 1 aliphatic rings. The number of hydrogen-bond donors (Lipinski definition) is 0. The third-order valence-electron chi connectivity index (χ3n) is 4.38. The summed E-state index contributed by atoms with van der Waals surface area (Å²) in [7, 11) is -6.99. The first kappa shape index (κ1) is 18.0. The van der Waals surface area contributed by atoms with Crippen molar-refractivity contribution in [2.75, 3.05) is 19.3 Å². The fourth-order valence-corrected chi connectivity index (χ4v) is 5.46. The van der Waals surface area contributed by atoms with Gasteiger partial charge in [0.2, 0.25) is 10.0 Å². The van der Waals surface area contributed by atoms with Crippen molar-refractivity contribution in [3.8, 4) is 11.1 Å². The molecule has 0 amide bonds. The van der Waals surface area contributed by atoms with Crippen LogP contribution in [-0.2, 0) is 19.9 Å². The van der Waals surface area contributed by atoms with E-state index in [1.54, 1.807) is 24.3 Å². The van der Waals surface area contributed by atoms with Gasteiger partial charge in [-0.15, -0.1) is 0 Å². The van der Waals surface area contributed by atoms with Crippen molar-refractivity contribution in [3.63, 3.8) is 0 Å². The van der Waals surface area contributed by atoms with Gasteiger partial charge >= 0.3 is 0 Å². The van der Waals surface area contributed by atoms with Crippen LogP contribution in [0.25, 0.3) is 11.1 Å². The number of hydrogen-bond acceptors (Lipinski definition) is 4. The van der Waals surface area contributed by atoms with Crippen LogP contribution >= 0.6 is 0 Å². The molecule has 0 saturated carbocycles. The average molecular weight is 383 g/mol. The van der Waals surface area contributed by atoms with Crippen molar-refractivity contribution < 1.29 is 21.2 Å². The smallest absolute Gasteiger partial charge is 0.229 e. The van der Waals surface area contributed by atoms with Crippen molar-refractivity contribution in [2.24, 2.45) is 0 Å². The van der Waals surface area contributed by atoms with Crippen LogP contribution in [0.1, 0.15) is 6.42 Å². The maximum Gasteiger partial charge on any atom is 0.243 e. The number of halogens is 1. The van der Waals surface area contributed by atoms with Crippen LogP contribution in [0.15, 0.2) is 53.4 Å². The molecule has 25 heavy (non-hydrogen) atoms. The van der Waals surface area contributed by atoms with Gasteiger partial charge in [0.05, 0.1) is 10.1 Å². The number of rotatable bonds is 4. The maximum atomic E-state index is 13.0. The lowest BCUT2D eigenvalue weighted by Crippen LogP contribution is -2.31. The summed E-state index contributed by atoms with van der Waals surface area (Å²) >= 11 is 0. The van der Waals surface area contributed by atoms with Crippen LogP contribution in [0.2, 0.25) is 0 Å². The van der Waals surface area contributed by atoms with E-state index in [2.05, 4.69) is 0 Å². The molecule has 134 valence electrons. The summed E-state index contributed by atoms with van der Waals surface area (Å²) in [5.41, 5.74) is 1.55. The lowest BCUT2D eigenvalue weighted by molar-refractivity contribution is 0.477.